The molecule has 0 saturated carbocycles. The van der Waals surface area contributed by atoms with Gasteiger partial charge in [-0.3, -0.25) is 4.79 Å². The van der Waals surface area contributed by atoms with Gasteiger partial charge in [-0.1, -0.05) is 44.2 Å². The molecule has 0 aliphatic carbocycles. The lowest BCUT2D eigenvalue weighted by atomic mass is 10.0. The third kappa shape index (κ3) is 2.76. The minimum Gasteiger partial charge on any atom is -0.355 e. The van der Waals surface area contributed by atoms with Crippen LogP contribution in [0.4, 0.5) is 11.4 Å². The summed E-state index contributed by atoms with van der Waals surface area (Å²) in [6.07, 6.45) is 1.71. The predicted molar refractivity (Wildman–Crippen MR) is 104 cm³/mol. The number of anilines is 2. The maximum absolute atomic E-state index is 12.2. The van der Waals surface area contributed by atoms with Crippen LogP contribution in [0.3, 0.4) is 0 Å². The summed E-state index contributed by atoms with van der Waals surface area (Å²) >= 11 is 0. The molecule has 0 aliphatic rings. The summed E-state index contributed by atoms with van der Waals surface area (Å²) in [4.78, 5) is 19.5. The zero-order chi connectivity index (χ0) is 17.4. The molecule has 0 unspecified atom stereocenters. The Labute approximate surface area is 145 Å². The zero-order valence-corrected chi connectivity index (χ0v) is 14.2. The van der Waals surface area contributed by atoms with Crippen LogP contribution in [-0.4, -0.2) is 9.97 Å². The lowest BCUT2D eigenvalue weighted by Crippen LogP contribution is -2.08. The Morgan fingerprint density at radius 3 is 2.40 bits per heavy atom. The molecule has 2 aromatic carbocycles. The summed E-state index contributed by atoms with van der Waals surface area (Å²) in [7, 11) is 0. The normalized spacial score (nSPS) is 11.3. The van der Waals surface area contributed by atoms with E-state index in [1.807, 2.05) is 30.3 Å². The first kappa shape index (κ1) is 15.4. The molecule has 0 atom stereocenters. The van der Waals surface area contributed by atoms with Gasteiger partial charge in [0.1, 0.15) is 5.65 Å². The molecule has 2 heterocycles. The number of nitrogens with zero attached hydrogens (tertiary/aromatic N) is 1. The van der Waals surface area contributed by atoms with Gasteiger partial charge in [0.2, 0.25) is 0 Å². The topological polar surface area (TPSA) is 57.8 Å². The summed E-state index contributed by atoms with van der Waals surface area (Å²) in [5.41, 5.74) is 3.71. The van der Waals surface area contributed by atoms with Crippen molar-refractivity contribution in [2.75, 3.05) is 5.32 Å². The van der Waals surface area contributed by atoms with E-state index >= 15 is 0 Å². The van der Waals surface area contributed by atoms with Gasteiger partial charge < -0.3 is 10.3 Å². The van der Waals surface area contributed by atoms with Crippen molar-refractivity contribution in [2.45, 2.75) is 19.8 Å². The number of H-pyrrole nitrogens is 1. The van der Waals surface area contributed by atoms with E-state index < -0.39 is 0 Å². The van der Waals surface area contributed by atoms with Gasteiger partial charge in [-0.05, 0) is 35.7 Å². The van der Waals surface area contributed by atoms with Crippen molar-refractivity contribution in [3.8, 4) is 0 Å². The van der Waals surface area contributed by atoms with Crippen molar-refractivity contribution < 1.29 is 0 Å². The maximum atomic E-state index is 12.2. The molecular formula is C21H19N3O. The van der Waals surface area contributed by atoms with Gasteiger partial charge in [-0.2, -0.15) is 0 Å². The summed E-state index contributed by atoms with van der Waals surface area (Å²) < 4.78 is 0. The molecule has 0 fully saturated rings. The van der Waals surface area contributed by atoms with E-state index in [1.165, 1.54) is 5.56 Å². The first-order chi connectivity index (χ1) is 12.1. The van der Waals surface area contributed by atoms with Crippen molar-refractivity contribution in [1.82, 2.24) is 9.97 Å². The Morgan fingerprint density at radius 2 is 1.68 bits per heavy atom. The lowest BCUT2D eigenvalue weighted by Gasteiger charge is -2.12. The number of pyridine rings is 2. The molecule has 2 N–H and O–H groups in total. The Bertz CT molecular complexity index is 1110. The van der Waals surface area contributed by atoms with E-state index in [2.05, 4.69) is 53.4 Å². The average Bonchev–Trinajstić information content (AvgIpc) is 2.62. The van der Waals surface area contributed by atoms with Crippen LogP contribution in [0, 0.1) is 0 Å². The van der Waals surface area contributed by atoms with Crippen LogP contribution in [0.1, 0.15) is 25.3 Å². The Hall–Kier alpha value is -3.14. The monoisotopic (exact) mass is 329 g/mol. The SMILES string of the molecule is CC(C)c1ccc(Nc2ccnc3[nH]c(=O)c4ccccc4c23)cc1. The molecule has 0 amide bonds. The number of benzene rings is 2. The molecule has 0 saturated heterocycles. The highest BCUT2D eigenvalue weighted by Crippen LogP contribution is 2.29. The largest absolute Gasteiger partial charge is 0.355 e. The van der Waals surface area contributed by atoms with E-state index in [0.717, 1.165) is 22.1 Å². The first-order valence-electron chi connectivity index (χ1n) is 8.40. The molecule has 4 rings (SSSR count). The van der Waals surface area contributed by atoms with Crippen LogP contribution in [0.2, 0.25) is 0 Å². The highest BCUT2D eigenvalue weighted by molar-refractivity contribution is 6.10. The number of rotatable bonds is 3. The summed E-state index contributed by atoms with van der Waals surface area (Å²) in [5.74, 6) is 0.504. The highest BCUT2D eigenvalue weighted by Gasteiger charge is 2.10. The second-order valence-corrected chi connectivity index (χ2v) is 6.48. The number of nitrogens with one attached hydrogen (secondary N) is 2. The third-order valence-corrected chi connectivity index (χ3v) is 4.48. The molecule has 4 aromatic rings. The van der Waals surface area contributed by atoms with Gasteiger partial charge in [-0.15, -0.1) is 0 Å². The van der Waals surface area contributed by atoms with Crippen LogP contribution in [-0.2, 0) is 0 Å². The highest BCUT2D eigenvalue weighted by atomic mass is 16.1. The van der Waals surface area contributed by atoms with Crippen LogP contribution in [0.15, 0.2) is 65.6 Å². The van der Waals surface area contributed by atoms with Crippen LogP contribution < -0.4 is 10.9 Å². The maximum Gasteiger partial charge on any atom is 0.257 e. The van der Waals surface area contributed by atoms with Gasteiger partial charge in [-0.25, -0.2) is 4.98 Å². The molecule has 124 valence electrons. The van der Waals surface area contributed by atoms with Gasteiger partial charge in [0.25, 0.3) is 5.56 Å². The predicted octanol–water partition coefficient (Wildman–Crippen LogP) is 4.94. The Kier molecular flexibility index (Phi) is 3.73. The van der Waals surface area contributed by atoms with E-state index in [-0.39, 0.29) is 5.56 Å². The van der Waals surface area contributed by atoms with Crippen LogP contribution in [0.25, 0.3) is 21.8 Å². The summed E-state index contributed by atoms with van der Waals surface area (Å²) in [6.45, 7) is 4.36. The number of aromatic nitrogens is 2. The molecule has 0 bridgehead atoms. The van der Waals surface area contributed by atoms with E-state index in [0.29, 0.717) is 17.0 Å². The molecule has 25 heavy (non-hydrogen) atoms. The van der Waals surface area contributed by atoms with E-state index in [1.54, 1.807) is 6.20 Å². The van der Waals surface area contributed by atoms with Gasteiger partial charge >= 0.3 is 0 Å². The van der Waals surface area contributed by atoms with Gasteiger partial charge in [0, 0.05) is 28.0 Å². The quantitative estimate of drug-likeness (QED) is 0.523. The molecular weight excluding hydrogens is 310 g/mol. The number of hydrogen-bond acceptors (Lipinski definition) is 3. The smallest absolute Gasteiger partial charge is 0.257 e. The first-order valence-corrected chi connectivity index (χ1v) is 8.40. The average molecular weight is 329 g/mol. The summed E-state index contributed by atoms with van der Waals surface area (Å²) in [6, 6.07) is 18.0. The minimum absolute atomic E-state index is 0.117. The van der Waals surface area contributed by atoms with Crippen molar-refractivity contribution in [2.24, 2.45) is 0 Å². The molecule has 0 aliphatic heterocycles. The molecule has 2 aromatic heterocycles. The standard InChI is InChI=1S/C21H19N3O/c1-13(2)14-7-9-15(10-8-14)23-18-11-12-22-20-19(18)16-5-3-4-6-17(16)21(25)24-20/h3-13H,1-2H3,(H2,22,23,24,25). The Balaban J connectivity index is 1.87. The van der Waals surface area contributed by atoms with Crippen molar-refractivity contribution in [3.05, 3.63) is 76.7 Å². The molecule has 0 radical (unpaired) electrons. The Morgan fingerprint density at radius 1 is 0.960 bits per heavy atom. The fourth-order valence-electron chi connectivity index (χ4n) is 3.11. The van der Waals surface area contributed by atoms with Gasteiger partial charge in [0.15, 0.2) is 0 Å². The van der Waals surface area contributed by atoms with Crippen molar-refractivity contribution in [3.63, 3.8) is 0 Å². The third-order valence-electron chi connectivity index (χ3n) is 4.48. The minimum atomic E-state index is -0.117. The fraction of sp³-hybridized carbons (Fsp3) is 0.143. The number of fused-ring (bicyclic) bond motifs is 3. The van der Waals surface area contributed by atoms with Crippen LogP contribution in [0.5, 0.6) is 0 Å². The summed E-state index contributed by atoms with van der Waals surface area (Å²) in [5, 5.41) is 5.95. The van der Waals surface area contributed by atoms with Gasteiger partial charge in [0.05, 0.1) is 5.69 Å². The number of hydrogen-bond donors (Lipinski definition) is 2. The zero-order valence-electron chi connectivity index (χ0n) is 14.2. The second-order valence-electron chi connectivity index (χ2n) is 6.48. The lowest BCUT2D eigenvalue weighted by molar-refractivity contribution is 0.867. The number of aromatic amines is 1. The molecule has 4 nitrogen and oxygen atoms in total. The molecule has 0 spiro atoms. The van der Waals surface area contributed by atoms with E-state index in [9.17, 15) is 4.79 Å². The van der Waals surface area contributed by atoms with Crippen molar-refractivity contribution in [1.29, 1.82) is 0 Å². The molecule has 4 heteroatoms. The van der Waals surface area contributed by atoms with Crippen LogP contribution >= 0.6 is 0 Å². The second kappa shape index (κ2) is 6.06. The van der Waals surface area contributed by atoms with Crippen molar-refractivity contribution >= 4 is 33.2 Å². The van der Waals surface area contributed by atoms with E-state index in [4.69, 9.17) is 0 Å². The fourth-order valence-corrected chi connectivity index (χ4v) is 3.11.